The van der Waals surface area contributed by atoms with Gasteiger partial charge in [0, 0.05) is 6.20 Å². The molecule has 17 nitrogen and oxygen atoms in total. The number of phosphoric ester groups is 1. The summed E-state index contributed by atoms with van der Waals surface area (Å²) in [5.74, 6) is 0. The fourth-order valence-corrected chi connectivity index (χ4v) is 5.20. The molecule has 1 fully saturated rings. The summed E-state index contributed by atoms with van der Waals surface area (Å²) in [6, 6.07) is 0.0887. The first-order valence-corrected chi connectivity index (χ1v) is 11.7. The minimum absolute atomic E-state index is 0. The van der Waals surface area contributed by atoms with E-state index in [9.17, 15) is 33.9 Å². The van der Waals surface area contributed by atoms with E-state index in [1.807, 2.05) is 0 Å². The Hall–Kier alpha value is -0.0300. The van der Waals surface area contributed by atoms with E-state index in [-0.39, 0.29) is 35.0 Å². The third-order valence-corrected chi connectivity index (χ3v) is 7.06. The number of nitrogens with zero attached hydrogens (tertiary/aromatic N) is 2. The van der Waals surface area contributed by atoms with Crippen molar-refractivity contribution in [3.63, 3.8) is 0 Å². The molecule has 30 heavy (non-hydrogen) atoms. The second-order valence-corrected chi connectivity index (χ2v) is 9.86. The minimum Gasteiger partial charge on any atom is -0.846 e. The topological polar surface area (TPSA) is 274 Å². The molecule has 0 radical (unpaired) electrons. The van der Waals surface area contributed by atoms with Crippen molar-refractivity contribution in [1.29, 1.82) is 5.41 Å². The number of aliphatic hydroxyl groups excluding tert-OH is 2. The molecular weight excluding hydrogens is 490 g/mol. The average Bonchev–Trinajstić information content (AvgIpc) is 2.78. The quantitative estimate of drug-likeness (QED) is 0.128. The number of ether oxygens (including phenoxy) is 1. The van der Waals surface area contributed by atoms with Crippen LogP contribution in [0.3, 0.4) is 0 Å². The van der Waals surface area contributed by atoms with Gasteiger partial charge in [0.2, 0.25) is 0 Å². The van der Waals surface area contributed by atoms with Crippen LogP contribution in [0.4, 0.5) is 0 Å². The number of hydrogen-bond acceptors (Lipinski definition) is 12. The number of aromatic nitrogens is 2. The van der Waals surface area contributed by atoms with Crippen molar-refractivity contribution in [2.75, 3.05) is 6.61 Å². The van der Waals surface area contributed by atoms with E-state index < -0.39 is 60.6 Å². The van der Waals surface area contributed by atoms with Crippen LogP contribution in [0.15, 0.2) is 12.3 Å². The Morgan fingerprint density at radius 1 is 1.13 bits per heavy atom. The Morgan fingerprint density at radius 2 is 1.73 bits per heavy atom. The van der Waals surface area contributed by atoms with Gasteiger partial charge in [0.15, 0.2) is 6.23 Å². The Bertz CT molecular complexity index is 952. The van der Waals surface area contributed by atoms with Gasteiger partial charge in [-0.3, -0.25) is 9.93 Å². The van der Waals surface area contributed by atoms with Crippen LogP contribution in [0.5, 0.6) is 6.01 Å². The summed E-state index contributed by atoms with van der Waals surface area (Å²) >= 11 is 0. The predicted octanol–water partition coefficient (Wildman–Crippen LogP) is -5.60. The standard InChI is InChI=1S/C9H16N3O14P3.Na/c10-5-1-2-12(9(15)11-5)8-7(14)6(13)4(24-8)3-23-28(19,20)26-29(21,22)25-27(16,17)18;/h1-2,4,6-8,13-14H,3H2,(H,19,20)(H,21,22)(H2,10,11,15)(H2,16,17,18);/q;+1/p-1/t4-,6-,7-,8?;/m1./s1. The molecule has 1 aliphatic rings. The molecule has 166 valence electrons. The fourth-order valence-electron chi connectivity index (χ4n) is 2.17. The van der Waals surface area contributed by atoms with E-state index in [0.717, 1.165) is 16.8 Å². The van der Waals surface area contributed by atoms with Crippen LogP contribution in [-0.4, -0.2) is 64.3 Å². The van der Waals surface area contributed by atoms with Crippen molar-refractivity contribution in [1.82, 2.24) is 9.55 Å². The van der Waals surface area contributed by atoms with Gasteiger partial charge in [0.1, 0.15) is 23.8 Å². The summed E-state index contributed by atoms with van der Waals surface area (Å²) in [6.07, 6.45) is -5.53. The molecule has 1 aliphatic heterocycles. The summed E-state index contributed by atoms with van der Waals surface area (Å²) in [6.45, 7) is -1.03. The maximum atomic E-state index is 11.8. The Labute approximate surface area is 189 Å². The SMILES string of the molecule is N=c1ccn(C2O[C@H](COP(=O)(O)OP(=O)(O)OP(=O)(O)O)[C@@H](O)[C@H]2O)c([O-])n1.[Na+]. The van der Waals surface area contributed by atoms with Crippen molar-refractivity contribution in [2.45, 2.75) is 24.5 Å². The first kappa shape index (κ1) is 28.0. The molecule has 7 N–H and O–H groups in total. The van der Waals surface area contributed by atoms with E-state index in [2.05, 4.69) is 18.1 Å². The minimum atomic E-state index is -5.72. The van der Waals surface area contributed by atoms with Crippen molar-refractivity contribution in [3.8, 4) is 6.01 Å². The van der Waals surface area contributed by atoms with Gasteiger partial charge < -0.3 is 44.2 Å². The molecule has 6 atom stereocenters. The van der Waals surface area contributed by atoms with Crippen molar-refractivity contribution < 1.29 is 96.0 Å². The number of phosphoric acid groups is 3. The zero-order valence-electron chi connectivity index (χ0n) is 14.9. The summed E-state index contributed by atoms with van der Waals surface area (Å²) in [7, 11) is -16.7. The van der Waals surface area contributed by atoms with Gasteiger partial charge in [-0.2, -0.15) is 8.62 Å². The van der Waals surface area contributed by atoms with E-state index in [1.54, 1.807) is 0 Å². The second kappa shape index (κ2) is 10.3. The first-order valence-electron chi connectivity index (χ1n) is 7.21. The zero-order chi connectivity index (χ0) is 22.2. The number of rotatable bonds is 8. The van der Waals surface area contributed by atoms with Gasteiger partial charge in [0.25, 0.3) is 0 Å². The molecule has 0 aromatic carbocycles. The van der Waals surface area contributed by atoms with E-state index in [0.29, 0.717) is 0 Å². The summed E-state index contributed by atoms with van der Waals surface area (Å²) in [4.78, 5) is 38.6. The van der Waals surface area contributed by atoms with E-state index in [4.69, 9.17) is 24.8 Å². The molecule has 2 heterocycles. The monoisotopic (exact) mass is 505 g/mol. The van der Waals surface area contributed by atoms with Crippen LogP contribution < -0.4 is 40.2 Å². The van der Waals surface area contributed by atoms with E-state index in [1.165, 1.54) is 0 Å². The Balaban J connectivity index is 0.00000450. The number of hydrogen-bond donors (Lipinski definition) is 7. The maximum Gasteiger partial charge on any atom is 1.00 e. The van der Waals surface area contributed by atoms with Crippen molar-refractivity contribution >= 4 is 23.5 Å². The van der Waals surface area contributed by atoms with Gasteiger partial charge >= 0.3 is 53.0 Å². The Morgan fingerprint density at radius 3 is 2.27 bits per heavy atom. The number of aliphatic hydroxyl groups is 2. The molecule has 0 aliphatic carbocycles. The van der Waals surface area contributed by atoms with Crippen LogP contribution in [-0.2, 0) is 31.6 Å². The molecule has 0 bridgehead atoms. The fraction of sp³-hybridized carbons (Fsp3) is 0.556. The molecule has 1 saturated heterocycles. The van der Waals surface area contributed by atoms with Gasteiger partial charge in [-0.15, -0.1) is 0 Å². The van der Waals surface area contributed by atoms with Crippen LogP contribution >= 0.6 is 23.5 Å². The molecular formula is C9H15N3NaO14P3. The molecule has 3 unspecified atom stereocenters. The van der Waals surface area contributed by atoms with Gasteiger partial charge in [-0.1, -0.05) is 0 Å². The zero-order valence-corrected chi connectivity index (χ0v) is 19.5. The van der Waals surface area contributed by atoms with Gasteiger partial charge in [0.05, 0.1) is 12.6 Å². The van der Waals surface area contributed by atoms with E-state index >= 15 is 0 Å². The molecule has 2 rings (SSSR count). The average molecular weight is 505 g/mol. The van der Waals surface area contributed by atoms with Crippen LogP contribution in [0, 0.1) is 5.41 Å². The molecule has 1 aromatic rings. The molecule has 0 saturated carbocycles. The second-order valence-electron chi connectivity index (χ2n) is 5.44. The normalized spacial score (nSPS) is 28.3. The third-order valence-electron chi connectivity index (χ3n) is 3.26. The maximum absolute atomic E-state index is 11.8. The summed E-state index contributed by atoms with van der Waals surface area (Å²) in [5.41, 5.74) is -0.372. The van der Waals surface area contributed by atoms with Gasteiger partial charge in [-0.25, -0.2) is 18.7 Å². The first-order chi connectivity index (χ1) is 13.1. The smallest absolute Gasteiger partial charge is 0.846 e. The summed E-state index contributed by atoms with van der Waals surface area (Å²) in [5, 5.41) is 38.9. The third kappa shape index (κ3) is 7.83. The molecule has 1 aromatic heterocycles. The summed E-state index contributed by atoms with van der Waals surface area (Å²) < 4.78 is 50.7. The van der Waals surface area contributed by atoms with Crippen LogP contribution in [0.25, 0.3) is 0 Å². The van der Waals surface area contributed by atoms with Crippen LogP contribution in [0.2, 0.25) is 0 Å². The van der Waals surface area contributed by atoms with Gasteiger partial charge in [-0.05, 0) is 6.07 Å². The number of nitrogens with one attached hydrogen (secondary N) is 1. The molecule has 0 spiro atoms. The van der Waals surface area contributed by atoms with Crippen LogP contribution in [0.1, 0.15) is 6.23 Å². The molecule has 0 amide bonds. The van der Waals surface area contributed by atoms with Crippen molar-refractivity contribution in [3.05, 3.63) is 17.8 Å². The Kier molecular flexibility index (Phi) is 9.59. The predicted molar refractivity (Wildman–Crippen MR) is 83.3 cm³/mol. The largest absolute Gasteiger partial charge is 1.00 e. The molecule has 21 heteroatoms. The van der Waals surface area contributed by atoms with Crippen molar-refractivity contribution in [2.24, 2.45) is 0 Å².